The lowest BCUT2D eigenvalue weighted by Crippen LogP contribution is -2.14. The Morgan fingerprint density at radius 3 is 2.47 bits per heavy atom. The molecule has 0 saturated carbocycles. The van der Waals surface area contributed by atoms with Gasteiger partial charge in [-0.15, -0.1) is 0 Å². The monoisotopic (exact) mass is 265 g/mol. The quantitative estimate of drug-likeness (QED) is 0.589. The van der Waals surface area contributed by atoms with Crippen LogP contribution in [-0.2, 0) is 16.0 Å². The summed E-state index contributed by atoms with van der Waals surface area (Å²) in [6.07, 6.45) is 3.57. The first kappa shape index (κ1) is 16.2. The van der Waals surface area contributed by atoms with Crippen LogP contribution in [0, 0.1) is 0 Å². The predicted molar refractivity (Wildman–Crippen MR) is 79.3 cm³/mol. The Bertz CT molecular complexity index is 290. The summed E-state index contributed by atoms with van der Waals surface area (Å²) in [6, 6.07) is 10.5. The maximum Gasteiger partial charge on any atom is 0.0700 e. The molecule has 0 unspecified atom stereocenters. The second-order valence-corrected chi connectivity index (χ2v) is 4.53. The molecule has 0 aromatic heterocycles. The van der Waals surface area contributed by atoms with E-state index in [-0.39, 0.29) is 0 Å². The van der Waals surface area contributed by atoms with Gasteiger partial charge in [0, 0.05) is 19.8 Å². The molecule has 0 amide bonds. The first-order valence-corrected chi connectivity index (χ1v) is 7.33. The van der Waals surface area contributed by atoms with Gasteiger partial charge >= 0.3 is 0 Å². The maximum atomic E-state index is 5.47. The summed E-state index contributed by atoms with van der Waals surface area (Å²) in [7, 11) is 0. The molecule has 1 rings (SSSR count). The van der Waals surface area contributed by atoms with Crippen LogP contribution in [0.15, 0.2) is 30.3 Å². The minimum absolute atomic E-state index is 0.717. The van der Waals surface area contributed by atoms with Gasteiger partial charge in [-0.3, -0.25) is 0 Å². The largest absolute Gasteiger partial charge is 0.379 e. The van der Waals surface area contributed by atoms with Gasteiger partial charge in [0.2, 0.25) is 0 Å². The van der Waals surface area contributed by atoms with Gasteiger partial charge < -0.3 is 14.8 Å². The Kier molecular flexibility index (Phi) is 10.3. The number of benzene rings is 1. The lowest BCUT2D eigenvalue weighted by atomic mass is 10.2. The van der Waals surface area contributed by atoms with Crippen molar-refractivity contribution in [1.29, 1.82) is 0 Å². The molecule has 0 spiro atoms. The van der Waals surface area contributed by atoms with Gasteiger partial charge in [0.15, 0.2) is 0 Å². The Labute approximate surface area is 117 Å². The van der Waals surface area contributed by atoms with Crippen molar-refractivity contribution < 1.29 is 9.47 Å². The van der Waals surface area contributed by atoms with E-state index in [1.807, 2.05) is 6.92 Å². The van der Waals surface area contributed by atoms with Crippen molar-refractivity contribution in [1.82, 2.24) is 5.32 Å². The molecule has 1 aromatic rings. The van der Waals surface area contributed by atoms with Crippen molar-refractivity contribution in [3.63, 3.8) is 0 Å². The number of hydrogen-bond acceptors (Lipinski definition) is 3. The molecule has 0 saturated heterocycles. The molecule has 1 N–H and O–H groups in total. The highest BCUT2D eigenvalue weighted by molar-refractivity contribution is 5.14. The van der Waals surface area contributed by atoms with Crippen molar-refractivity contribution in [2.24, 2.45) is 0 Å². The first-order chi connectivity index (χ1) is 9.43. The zero-order valence-electron chi connectivity index (χ0n) is 12.1. The second kappa shape index (κ2) is 12.2. The van der Waals surface area contributed by atoms with Gasteiger partial charge in [0.25, 0.3) is 0 Å². The Morgan fingerprint density at radius 2 is 1.68 bits per heavy atom. The first-order valence-electron chi connectivity index (χ1n) is 7.33. The van der Waals surface area contributed by atoms with E-state index in [2.05, 4.69) is 35.6 Å². The van der Waals surface area contributed by atoms with Crippen LogP contribution in [-0.4, -0.2) is 33.0 Å². The smallest absolute Gasteiger partial charge is 0.0700 e. The predicted octanol–water partition coefficient (Wildman–Crippen LogP) is 3.00. The van der Waals surface area contributed by atoms with Gasteiger partial charge in [-0.05, 0) is 38.3 Å². The van der Waals surface area contributed by atoms with Gasteiger partial charge in [0.05, 0.1) is 13.2 Å². The molecule has 108 valence electrons. The molecule has 1 aromatic carbocycles. The fourth-order valence-electron chi connectivity index (χ4n) is 1.82. The minimum atomic E-state index is 0.717. The summed E-state index contributed by atoms with van der Waals surface area (Å²) in [5, 5.41) is 3.46. The number of hydrogen-bond donors (Lipinski definition) is 1. The SMILES string of the molecule is CCOCCOCCCCCNCc1ccccc1. The van der Waals surface area contributed by atoms with E-state index in [4.69, 9.17) is 9.47 Å². The average molecular weight is 265 g/mol. The van der Waals surface area contributed by atoms with E-state index in [9.17, 15) is 0 Å². The lowest BCUT2D eigenvalue weighted by molar-refractivity contribution is 0.0513. The van der Waals surface area contributed by atoms with Gasteiger partial charge in [-0.25, -0.2) is 0 Å². The number of ether oxygens (including phenoxy) is 2. The molecule has 3 heteroatoms. The van der Waals surface area contributed by atoms with Gasteiger partial charge in [-0.1, -0.05) is 30.3 Å². The summed E-state index contributed by atoms with van der Waals surface area (Å²) in [5.41, 5.74) is 1.35. The maximum absolute atomic E-state index is 5.47. The number of rotatable bonds is 12. The van der Waals surface area contributed by atoms with Crippen molar-refractivity contribution in [3.05, 3.63) is 35.9 Å². The highest BCUT2D eigenvalue weighted by Gasteiger charge is 1.93. The normalized spacial score (nSPS) is 10.8. The van der Waals surface area contributed by atoms with Crippen LogP contribution in [0.1, 0.15) is 31.7 Å². The fraction of sp³-hybridized carbons (Fsp3) is 0.625. The zero-order chi connectivity index (χ0) is 13.6. The van der Waals surface area contributed by atoms with Crippen molar-refractivity contribution in [2.45, 2.75) is 32.7 Å². The molecule has 0 aliphatic heterocycles. The molecular weight excluding hydrogens is 238 g/mol. The van der Waals surface area contributed by atoms with Crippen molar-refractivity contribution >= 4 is 0 Å². The highest BCUT2D eigenvalue weighted by atomic mass is 16.5. The third-order valence-electron chi connectivity index (χ3n) is 2.89. The summed E-state index contributed by atoms with van der Waals surface area (Å²) in [5.74, 6) is 0. The summed E-state index contributed by atoms with van der Waals surface area (Å²) < 4.78 is 10.7. The van der Waals surface area contributed by atoms with Crippen molar-refractivity contribution in [3.8, 4) is 0 Å². The molecule has 0 aliphatic rings. The molecule has 0 fully saturated rings. The summed E-state index contributed by atoms with van der Waals surface area (Å²) >= 11 is 0. The van der Waals surface area contributed by atoms with E-state index < -0.39 is 0 Å². The Hall–Kier alpha value is -0.900. The molecule has 3 nitrogen and oxygen atoms in total. The summed E-state index contributed by atoms with van der Waals surface area (Å²) in [4.78, 5) is 0. The molecule has 0 aliphatic carbocycles. The average Bonchev–Trinajstić information content (AvgIpc) is 2.46. The molecule has 0 bridgehead atoms. The number of unbranched alkanes of at least 4 members (excludes halogenated alkanes) is 2. The van der Waals surface area contributed by atoms with Crippen molar-refractivity contribution in [2.75, 3.05) is 33.0 Å². The van der Waals surface area contributed by atoms with E-state index in [1.54, 1.807) is 0 Å². The zero-order valence-corrected chi connectivity index (χ0v) is 12.1. The second-order valence-electron chi connectivity index (χ2n) is 4.53. The topological polar surface area (TPSA) is 30.5 Å². The standard InChI is InChI=1S/C16H27NO2/c1-2-18-13-14-19-12-8-4-7-11-17-15-16-9-5-3-6-10-16/h3,5-6,9-10,17H,2,4,7-8,11-15H2,1H3. The minimum Gasteiger partial charge on any atom is -0.379 e. The van der Waals surface area contributed by atoms with Crippen LogP contribution in [0.25, 0.3) is 0 Å². The molecular formula is C16H27NO2. The van der Waals surface area contributed by atoms with Crippen LogP contribution in [0.4, 0.5) is 0 Å². The van der Waals surface area contributed by atoms with Crippen LogP contribution < -0.4 is 5.32 Å². The van der Waals surface area contributed by atoms with Gasteiger partial charge in [0.1, 0.15) is 0 Å². The number of nitrogens with one attached hydrogen (secondary N) is 1. The third kappa shape index (κ3) is 9.65. The molecule has 0 radical (unpaired) electrons. The Balaban J connectivity index is 1.79. The molecule has 0 atom stereocenters. The van der Waals surface area contributed by atoms with Gasteiger partial charge in [-0.2, -0.15) is 0 Å². The highest BCUT2D eigenvalue weighted by Crippen LogP contribution is 1.98. The summed E-state index contributed by atoms with van der Waals surface area (Å²) in [6.45, 7) is 7.11. The fourth-order valence-corrected chi connectivity index (χ4v) is 1.82. The molecule has 0 heterocycles. The van der Waals surface area contributed by atoms with E-state index >= 15 is 0 Å². The van der Waals surface area contributed by atoms with E-state index in [1.165, 1.54) is 18.4 Å². The van der Waals surface area contributed by atoms with Crippen LogP contribution in [0.5, 0.6) is 0 Å². The Morgan fingerprint density at radius 1 is 0.895 bits per heavy atom. The lowest BCUT2D eigenvalue weighted by Gasteiger charge is -2.06. The third-order valence-corrected chi connectivity index (χ3v) is 2.89. The molecule has 19 heavy (non-hydrogen) atoms. The van der Waals surface area contributed by atoms with Crippen LogP contribution in [0.3, 0.4) is 0 Å². The van der Waals surface area contributed by atoms with Crippen LogP contribution >= 0.6 is 0 Å². The van der Waals surface area contributed by atoms with Crippen LogP contribution in [0.2, 0.25) is 0 Å². The van der Waals surface area contributed by atoms with E-state index in [0.29, 0.717) is 0 Å². The van der Waals surface area contributed by atoms with E-state index in [0.717, 1.165) is 45.9 Å².